The maximum absolute atomic E-state index is 6.17. The molecule has 1 aliphatic rings. The van der Waals surface area contributed by atoms with Gasteiger partial charge in [-0.3, -0.25) is 0 Å². The third kappa shape index (κ3) is 7.83. The van der Waals surface area contributed by atoms with Gasteiger partial charge in [-0.2, -0.15) is 0 Å². The van der Waals surface area contributed by atoms with Gasteiger partial charge in [0.15, 0.2) is 0 Å². The van der Waals surface area contributed by atoms with Crippen LogP contribution in [0.3, 0.4) is 0 Å². The summed E-state index contributed by atoms with van der Waals surface area (Å²) in [6.45, 7) is 4.56. The van der Waals surface area contributed by atoms with Crippen molar-refractivity contribution < 1.29 is 0 Å². The minimum Gasteiger partial charge on any atom is -0.326 e. The van der Waals surface area contributed by atoms with Crippen molar-refractivity contribution in [2.75, 3.05) is 0 Å². The van der Waals surface area contributed by atoms with E-state index in [1.807, 2.05) is 0 Å². The number of halogens is 2. The average Bonchev–Trinajstić information content (AvgIpc) is 2.30. The molecule has 0 aromatic carbocycles. The van der Waals surface area contributed by atoms with Crippen LogP contribution in [0.15, 0.2) is 0 Å². The maximum Gasteiger partial charge on any atom is 0.0221 e. The molecular formula is C14H32Cl2N2. The van der Waals surface area contributed by atoms with E-state index in [-0.39, 0.29) is 24.8 Å². The minimum atomic E-state index is 0. The van der Waals surface area contributed by atoms with Gasteiger partial charge in [0.05, 0.1) is 0 Å². The Hall–Kier alpha value is 0.500. The number of nitrogens with one attached hydrogen (secondary N) is 1. The molecule has 18 heavy (non-hydrogen) atoms. The number of rotatable bonds is 7. The summed E-state index contributed by atoms with van der Waals surface area (Å²) in [5.74, 6) is 0. The fourth-order valence-electron chi connectivity index (χ4n) is 2.72. The van der Waals surface area contributed by atoms with Crippen LogP contribution in [0, 0.1) is 0 Å². The highest BCUT2D eigenvalue weighted by atomic mass is 35.5. The Labute approximate surface area is 126 Å². The molecule has 3 atom stereocenters. The van der Waals surface area contributed by atoms with E-state index in [9.17, 15) is 0 Å². The normalized spacial score (nSPS) is 24.8. The summed E-state index contributed by atoms with van der Waals surface area (Å²) in [6.07, 6.45) is 11.8. The Kier molecular flexibility index (Phi) is 14.5. The van der Waals surface area contributed by atoms with E-state index in [2.05, 4.69) is 19.2 Å². The fraction of sp³-hybridized carbons (Fsp3) is 1.00. The molecule has 0 spiro atoms. The molecule has 0 aliphatic heterocycles. The Morgan fingerprint density at radius 2 is 1.78 bits per heavy atom. The first kappa shape index (κ1) is 20.8. The van der Waals surface area contributed by atoms with Crippen molar-refractivity contribution in [1.29, 1.82) is 0 Å². The molecule has 0 aromatic rings. The average molecular weight is 299 g/mol. The van der Waals surface area contributed by atoms with Gasteiger partial charge >= 0.3 is 0 Å². The summed E-state index contributed by atoms with van der Waals surface area (Å²) in [4.78, 5) is 0. The monoisotopic (exact) mass is 298 g/mol. The number of nitrogens with two attached hydrogens (primary N) is 1. The number of unbranched alkanes of at least 4 members (excludes halogenated alkanes) is 2. The summed E-state index contributed by atoms with van der Waals surface area (Å²) >= 11 is 0. The van der Waals surface area contributed by atoms with Crippen molar-refractivity contribution >= 4 is 24.8 Å². The van der Waals surface area contributed by atoms with Gasteiger partial charge in [0, 0.05) is 18.1 Å². The predicted molar refractivity (Wildman–Crippen MR) is 86.1 cm³/mol. The van der Waals surface area contributed by atoms with E-state index >= 15 is 0 Å². The van der Waals surface area contributed by atoms with Crippen LogP contribution in [0.2, 0.25) is 0 Å². The summed E-state index contributed by atoms with van der Waals surface area (Å²) in [6, 6.07) is 1.68. The summed E-state index contributed by atoms with van der Waals surface area (Å²) in [5, 5.41) is 3.79. The highest BCUT2D eigenvalue weighted by molar-refractivity contribution is 5.85. The molecule has 1 unspecified atom stereocenters. The van der Waals surface area contributed by atoms with Crippen molar-refractivity contribution in [3.63, 3.8) is 0 Å². The second-order valence-corrected chi connectivity index (χ2v) is 5.32. The molecule has 0 saturated heterocycles. The maximum atomic E-state index is 6.17. The Morgan fingerprint density at radius 3 is 2.33 bits per heavy atom. The lowest BCUT2D eigenvalue weighted by atomic mass is 9.90. The lowest BCUT2D eigenvalue weighted by molar-refractivity contribution is 0.286. The Balaban J connectivity index is 0. The van der Waals surface area contributed by atoms with Crippen LogP contribution in [-0.4, -0.2) is 18.1 Å². The van der Waals surface area contributed by atoms with Crippen LogP contribution in [-0.2, 0) is 0 Å². The molecule has 4 heteroatoms. The Bertz CT molecular complexity index is 179. The van der Waals surface area contributed by atoms with E-state index < -0.39 is 0 Å². The van der Waals surface area contributed by atoms with Gasteiger partial charge in [-0.15, -0.1) is 24.8 Å². The van der Waals surface area contributed by atoms with Gasteiger partial charge in [-0.25, -0.2) is 0 Å². The highest BCUT2D eigenvalue weighted by Gasteiger charge is 2.23. The van der Waals surface area contributed by atoms with E-state index in [0.717, 1.165) is 0 Å². The topological polar surface area (TPSA) is 38.0 Å². The van der Waals surface area contributed by atoms with E-state index in [4.69, 9.17) is 5.73 Å². The van der Waals surface area contributed by atoms with Gasteiger partial charge < -0.3 is 11.1 Å². The molecule has 1 fully saturated rings. The molecule has 1 aliphatic carbocycles. The highest BCUT2D eigenvalue weighted by Crippen LogP contribution is 2.18. The van der Waals surface area contributed by atoms with E-state index in [0.29, 0.717) is 18.1 Å². The van der Waals surface area contributed by atoms with Crippen LogP contribution >= 0.6 is 24.8 Å². The number of hydrogen-bond acceptors (Lipinski definition) is 2. The van der Waals surface area contributed by atoms with Crippen LogP contribution < -0.4 is 11.1 Å². The quantitative estimate of drug-likeness (QED) is 0.696. The van der Waals surface area contributed by atoms with E-state index in [1.54, 1.807) is 0 Å². The van der Waals surface area contributed by atoms with Crippen LogP contribution in [0.5, 0.6) is 0 Å². The van der Waals surface area contributed by atoms with Crippen molar-refractivity contribution in [1.82, 2.24) is 5.32 Å². The van der Waals surface area contributed by atoms with Crippen LogP contribution in [0.4, 0.5) is 0 Å². The molecular weight excluding hydrogens is 267 g/mol. The molecule has 3 N–H and O–H groups in total. The molecule has 1 saturated carbocycles. The van der Waals surface area contributed by atoms with Crippen molar-refractivity contribution in [2.45, 2.75) is 89.8 Å². The minimum absolute atomic E-state index is 0. The third-order valence-corrected chi connectivity index (χ3v) is 3.92. The first-order chi connectivity index (χ1) is 7.77. The first-order valence-corrected chi connectivity index (χ1v) is 7.29. The third-order valence-electron chi connectivity index (χ3n) is 3.92. The zero-order valence-corrected chi connectivity index (χ0v) is 13.6. The lowest BCUT2D eigenvalue weighted by Gasteiger charge is -2.33. The lowest BCUT2D eigenvalue weighted by Crippen LogP contribution is -2.50. The van der Waals surface area contributed by atoms with Gasteiger partial charge in [0.25, 0.3) is 0 Å². The molecule has 0 heterocycles. The summed E-state index contributed by atoms with van der Waals surface area (Å²) in [5.41, 5.74) is 6.17. The largest absolute Gasteiger partial charge is 0.326 e. The molecule has 1 rings (SSSR count). The zero-order chi connectivity index (χ0) is 11.8. The molecule has 0 amide bonds. The van der Waals surface area contributed by atoms with Crippen molar-refractivity contribution in [2.24, 2.45) is 5.73 Å². The zero-order valence-electron chi connectivity index (χ0n) is 12.0. The van der Waals surface area contributed by atoms with E-state index in [1.165, 1.54) is 57.8 Å². The summed E-state index contributed by atoms with van der Waals surface area (Å²) < 4.78 is 0. The Morgan fingerprint density at radius 1 is 1.11 bits per heavy atom. The molecule has 0 aromatic heterocycles. The fourth-order valence-corrected chi connectivity index (χ4v) is 2.72. The first-order valence-electron chi connectivity index (χ1n) is 7.29. The van der Waals surface area contributed by atoms with Crippen molar-refractivity contribution in [3.05, 3.63) is 0 Å². The second-order valence-electron chi connectivity index (χ2n) is 5.32. The predicted octanol–water partition coefficient (Wildman–Crippen LogP) is 4.05. The van der Waals surface area contributed by atoms with Crippen LogP contribution in [0.1, 0.15) is 71.6 Å². The SMILES string of the molecule is CCCCCC(CC)N[C@@H]1CCCC[C@H]1N.Cl.Cl. The molecule has 112 valence electrons. The van der Waals surface area contributed by atoms with Crippen LogP contribution in [0.25, 0.3) is 0 Å². The van der Waals surface area contributed by atoms with Gasteiger partial charge in [-0.1, -0.05) is 46.0 Å². The second kappa shape index (κ2) is 12.5. The molecule has 0 radical (unpaired) electrons. The molecule has 0 bridgehead atoms. The smallest absolute Gasteiger partial charge is 0.0221 e. The summed E-state index contributed by atoms with van der Waals surface area (Å²) in [7, 11) is 0. The van der Waals surface area contributed by atoms with Crippen molar-refractivity contribution in [3.8, 4) is 0 Å². The van der Waals surface area contributed by atoms with Gasteiger partial charge in [0.2, 0.25) is 0 Å². The van der Waals surface area contributed by atoms with Gasteiger partial charge in [-0.05, 0) is 25.7 Å². The standard InChI is InChI=1S/C14H30N2.2ClH/c1-3-5-6-9-12(4-2)16-14-11-8-7-10-13(14)15;;/h12-14,16H,3-11,15H2,1-2H3;2*1H/t12?,13-,14-;;/m1../s1. The molecule has 2 nitrogen and oxygen atoms in total. The van der Waals surface area contributed by atoms with Gasteiger partial charge in [0.1, 0.15) is 0 Å². The number of hydrogen-bond donors (Lipinski definition) is 2.